The molecule has 0 aliphatic heterocycles. The van der Waals surface area contributed by atoms with Gasteiger partial charge in [-0.3, -0.25) is 0 Å². The van der Waals surface area contributed by atoms with Gasteiger partial charge in [0.25, 0.3) is 0 Å². The molecule has 58 valence electrons. The SMILES string of the molecule is C(#Cc1ncc[nH]1)c1ncc[nH]1. The van der Waals surface area contributed by atoms with E-state index in [9.17, 15) is 0 Å². The molecular formula is C8H6N4. The molecular weight excluding hydrogens is 152 g/mol. The number of rotatable bonds is 0. The number of aromatic amines is 2. The predicted molar refractivity (Wildman–Crippen MR) is 43.2 cm³/mol. The Morgan fingerprint density at radius 1 is 0.917 bits per heavy atom. The van der Waals surface area contributed by atoms with Crippen molar-refractivity contribution in [2.75, 3.05) is 0 Å². The highest BCUT2D eigenvalue weighted by atomic mass is 14.9. The van der Waals surface area contributed by atoms with E-state index in [1.165, 1.54) is 0 Å². The number of imidazole rings is 2. The Morgan fingerprint density at radius 3 is 1.75 bits per heavy atom. The van der Waals surface area contributed by atoms with Gasteiger partial charge >= 0.3 is 0 Å². The van der Waals surface area contributed by atoms with E-state index in [1.54, 1.807) is 24.8 Å². The Bertz CT molecular complexity index is 350. The van der Waals surface area contributed by atoms with Crippen molar-refractivity contribution in [3.8, 4) is 11.8 Å². The summed E-state index contributed by atoms with van der Waals surface area (Å²) in [5.41, 5.74) is 0. The Kier molecular flexibility index (Phi) is 1.63. The second-order valence-corrected chi connectivity index (χ2v) is 2.13. The van der Waals surface area contributed by atoms with Crippen molar-refractivity contribution in [3.63, 3.8) is 0 Å². The van der Waals surface area contributed by atoms with E-state index in [1.807, 2.05) is 0 Å². The van der Waals surface area contributed by atoms with E-state index in [2.05, 4.69) is 31.8 Å². The maximum absolute atomic E-state index is 3.94. The first-order chi connectivity index (χ1) is 5.95. The molecule has 0 atom stereocenters. The number of nitrogens with zero attached hydrogens (tertiary/aromatic N) is 2. The summed E-state index contributed by atoms with van der Waals surface area (Å²) in [6.07, 6.45) is 6.77. The fraction of sp³-hybridized carbons (Fsp3) is 0. The number of aromatic nitrogens is 4. The highest BCUT2D eigenvalue weighted by molar-refractivity contribution is 5.28. The van der Waals surface area contributed by atoms with Gasteiger partial charge in [0.15, 0.2) is 11.6 Å². The standard InChI is InChI=1S/C8H6N4/c1(7-9-3-4-10-7)2-8-11-5-6-12-8/h3-6H,(H,9,10)(H,11,12). The maximum Gasteiger partial charge on any atom is 0.183 e. The first-order valence-corrected chi connectivity index (χ1v) is 3.46. The fourth-order valence-electron chi connectivity index (χ4n) is 0.786. The van der Waals surface area contributed by atoms with Crippen LogP contribution in [0.1, 0.15) is 11.6 Å². The monoisotopic (exact) mass is 158 g/mol. The van der Waals surface area contributed by atoms with Crippen molar-refractivity contribution in [1.29, 1.82) is 0 Å². The Balaban J connectivity index is 2.22. The summed E-state index contributed by atoms with van der Waals surface area (Å²) in [4.78, 5) is 13.6. The second-order valence-electron chi connectivity index (χ2n) is 2.13. The van der Waals surface area contributed by atoms with Crippen molar-refractivity contribution in [3.05, 3.63) is 36.4 Å². The summed E-state index contributed by atoms with van der Waals surface area (Å²) in [7, 11) is 0. The molecule has 0 radical (unpaired) electrons. The number of hydrogen-bond donors (Lipinski definition) is 2. The van der Waals surface area contributed by atoms with Gasteiger partial charge in [-0.15, -0.1) is 0 Å². The van der Waals surface area contributed by atoms with Crippen LogP contribution in [-0.2, 0) is 0 Å². The van der Waals surface area contributed by atoms with E-state index < -0.39 is 0 Å². The number of H-pyrrole nitrogens is 2. The quantitative estimate of drug-likeness (QED) is 0.549. The average molecular weight is 158 g/mol. The molecule has 12 heavy (non-hydrogen) atoms. The first-order valence-electron chi connectivity index (χ1n) is 3.46. The van der Waals surface area contributed by atoms with E-state index in [4.69, 9.17) is 0 Å². The summed E-state index contributed by atoms with van der Waals surface area (Å²) in [6, 6.07) is 0. The third kappa shape index (κ3) is 1.35. The fourth-order valence-corrected chi connectivity index (χ4v) is 0.786. The molecule has 0 spiro atoms. The van der Waals surface area contributed by atoms with Gasteiger partial charge < -0.3 is 9.97 Å². The topological polar surface area (TPSA) is 57.4 Å². The van der Waals surface area contributed by atoms with Crippen LogP contribution in [0.4, 0.5) is 0 Å². The number of hydrogen-bond acceptors (Lipinski definition) is 2. The zero-order chi connectivity index (χ0) is 8.23. The minimum absolute atomic E-state index is 0.645. The minimum Gasteiger partial charge on any atom is -0.338 e. The molecule has 0 saturated carbocycles. The smallest absolute Gasteiger partial charge is 0.183 e. The highest BCUT2D eigenvalue weighted by Crippen LogP contribution is 1.86. The van der Waals surface area contributed by atoms with Crippen molar-refractivity contribution < 1.29 is 0 Å². The van der Waals surface area contributed by atoms with Crippen LogP contribution in [0.5, 0.6) is 0 Å². The molecule has 2 heterocycles. The molecule has 0 unspecified atom stereocenters. The number of nitrogens with one attached hydrogen (secondary N) is 2. The lowest BCUT2D eigenvalue weighted by Crippen LogP contribution is -1.78. The van der Waals surface area contributed by atoms with E-state index in [0.29, 0.717) is 11.6 Å². The Hall–Kier alpha value is -2.02. The summed E-state index contributed by atoms with van der Waals surface area (Å²) in [5.74, 6) is 6.92. The van der Waals surface area contributed by atoms with Crippen LogP contribution >= 0.6 is 0 Å². The predicted octanol–water partition coefficient (Wildman–Crippen LogP) is 0.533. The van der Waals surface area contributed by atoms with Gasteiger partial charge in [0, 0.05) is 24.8 Å². The zero-order valence-corrected chi connectivity index (χ0v) is 6.20. The van der Waals surface area contributed by atoms with E-state index in [0.717, 1.165) is 0 Å². The molecule has 2 aromatic heterocycles. The third-order valence-electron chi connectivity index (χ3n) is 1.30. The summed E-state index contributed by atoms with van der Waals surface area (Å²) in [6.45, 7) is 0. The lowest BCUT2D eigenvalue weighted by Gasteiger charge is -1.76. The molecule has 0 fully saturated rings. The van der Waals surface area contributed by atoms with Crippen LogP contribution in [0.25, 0.3) is 0 Å². The van der Waals surface area contributed by atoms with Crippen LogP contribution in [0, 0.1) is 11.8 Å². The maximum atomic E-state index is 3.94. The van der Waals surface area contributed by atoms with E-state index >= 15 is 0 Å². The van der Waals surface area contributed by atoms with Gasteiger partial charge in [-0.25, -0.2) is 9.97 Å². The molecule has 2 N–H and O–H groups in total. The molecule has 0 saturated heterocycles. The summed E-state index contributed by atoms with van der Waals surface area (Å²) >= 11 is 0. The molecule has 2 aromatic rings. The Morgan fingerprint density at radius 2 is 1.42 bits per heavy atom. The van der Waals surface area contributed by atoms with Crippen LogP contribution < -0.4 is 0 Å². The van der Waals surface area contributed by atoms with Crippen molar-refractivity contribution in [2.45, 2.75) is 0 Å². The van der Waals surface area contributed by atoms with Crippen LogP contribution in [0.15, 0.2) is 24.8 Å². The molecule has 4 heteroatoms. The molecule has 0 bridgehead atoms. The van der Waals surface area contributed by atoms with Gasteiger partial charge in [-0.05, 0) is 11.8 Å². The lowest BCUT2D eigenvalue weighted by molar-refractivity contribution is 1.23. The lowest BCUT2D eigenvalue weighted by atomic mass is 10.5. The molecule has 4 nitrogen and oxygen atoms in total. The molecule has 0 aromatic carbocycles. The van der Waals surface area contributed by atoms with Gasteiger partial charge in [0.2, 0.25) is 0 Å². The summed E-state index contributed by atoms with van der Waals surface area (Å²) < 4.78 is 0. The van der Waals surface area contributed by atoms with Crippen molar-refractivity contribution >= 4 is 0 Å². The third-order valence-corrected chi connectivity index (χ3v) is 1.30. The molecule has 0 aliphatic carbocycles. The highest BCUT2D eigenvalue weighted by Gasteiger charge is 1.86. The largest absolute Gasteiger partial charge is 0.338 e. The summed E-state index contributed by atoms with van der Waals surface area (Å²) in [5, 5.41) is 0. The van der Waals surface area contributed by atoms with Gasteiger partial charge in [0.1, 0.15) is 0 Å². The van der Waals surface area contributed by atoms with Crippen molar-refractivity contribution in [1.82, 2.24) is 19.9 Å². The van der Waals surface area contributed by atoms with Gasteiger partial charge in [-0.1, -0.05) is 0 Å². The van der Waals surface area contributed by atoms with Crippen LogP contribution in [0.2, 0.25) is 0 Å². The zero-order valence-electron chi connectivity index (χ0n) is 6.20. The second kappa shape index (κ2) is 2.93. The van der Waals surface area contributed by atoms with Gasteiger partial charge in [0.05, 0.1) is 0 Å². The average Bonchev–Trinajstić information content (AvgIpc) is 2.74. The van der Waals surface area contributed by atoms with Crippen LogP contribution in [0.3, 0.4) is 0 Å². The van der Waals surface area contributed by atoms with Crippen LogP contribution in [-0.4, -0.2) is 19.9 Å². The van der Waals surface area contributed by atoms with E-state index in [-0.39, 0.29) is 0 Å². The Labute approximate surface area is 69.1 Å². The first kappa shape index (κ1) is 6.68. The minimum atomic E-state index is 0.645. The molecule has 0 amide bonds. The van der Waals surface area contributed by atoms with Crippen molar-refractivity contribution in [2.24, 2.45) is 0 Å². The molecule has 0 aliphatic rings. The normalized spacial score (nSPS) is 9.00. The van der Waals surface area contributed by atoms with Gasteiger partial charge in [-0.2, -0.15) is 0 Å². The molecule has 2 rings (SSSR count).